The van der Waals surface area contributed by atoms with Gasteiger partial charge in [0.15, 0.2) is 0 Å². The number of aromatic nitrogens is 4. The number of carbonyl (C=O) groups is 2. The first-order chi connectivity index (χ1) is 23.4. The molecule has 2 atom stereocenters. The van der Waals surface area contributed by atoms with Gasteiger partial charge in [-0.2, -0.15) is 5.21 Å². The molecule has 8 nitrogen and oxygen atoms in total. The summed E-state index contributed by atoms with van der Waals surface area (Å²) in [6, 6.07) is 15.1. The van der Waals surface area contributed by atoms with Crippen LogP contribution in [0, 0.1) is 11.8 Å². The van der Waals surface area contributed by atoms with Crippen molar-refractivity contribution in [2.24, 2.45) is 11.8 Å². The zero-order chi connectivity index (χ0) is 34.6. The van der Waals surface area contributed by atoms with Gasteiger partial charge in [0.25, 0.3) is 0 Å². The number of carboxylic acids is 1. The number of tetrazole rings is 1. The summed E-state index contributed by atoms with van der Waals surface area (Å²) in [6.07, 6.45) is 18.7. The Labute approximate surface area is 289 Å². The third-order valence-corrected chi connectivity index (χ3v) is 9.88. The number of H-pyrrole nitrogens is 1. The van der Waals surface area contributed by atoms with E-state index in [-0.39, 0.29) is 24.3 Å². The highest BCUT2D eigenvalue weighted by molar-refractivity contribution is 5.84. The van der Waals surface area contributed by atoms with Crippen molar-refractivity contribution in [1.29, 1.82) is 0 Å². The lowest BCUT2D eigenvalue weighted by Crippen LogP contribution is -2.50. The van der Waals surface area contributed by atoms with E-state index in [9.17, 15) is 14.7 Å². The van der Waals surface area contributed by atoms with Gasteiger partial charge in [-0.05, 0) is 40.2 Å². The van der Waals surface area contributed by atoms with Crippen LogP contribution in [0.4, 0.5) is 0 Å². The molecule has 1 aromatic heterocycles. The minimum absolute atomic E-state index is 0.0690. The van der Waals surface area contributed by atoms with Gasteiger partial charge in [0.1, 0.15) is 6.04 Å². The molecule has 3 aromatic rings. The van der Waals surface area contributed by atoms with Gasteiger partial charge in [-0.15, -0.1) is 10.2 Å². The van der Waals surface area contributed by atoms with Gasteiger partial charge in [0.05, 0.1) is 0 Å². The van der Waals surface area contributed by atoms with Crippen molar-refractivity contribution in [3.63, 3.8) is 0 Å². The molecule has 1 amide bonds. The van der Waals surface area contributed by atoms with E-state index in [4.69, 9.17) is 0 Å². The van der Waals surface area contributed by atoms with Gasteiger partial charge in [-0.1, -0.05) is 173 Å². The van der Waals surface area contributed by atoms with Gasteiger partial charge in [-0.3, -0.25) is 4.79 Å². The third-order valence-electron chi connectivity index (χ3n) is 9.88. The lowest BCUT2D eigenvalue weighted by atomic mass is 9.79. The zero-order valence-corrected chi connectivity index (χ0v) is 30.1. The van der Waals surface area contributed by atoms with Crippen molar-refractivity contribution in [2.45, 2.75) is 149 Å². The molecule has 8 heteroatoms. The van der Waals surface area contributed by atoms with Crippen molar-refractivity contribution in [1.82, 2.24) is 25.5 Å². The quantitative estimate of drug-likeness (QED) is 0.0876. The number of rotatable bonds is 25. The van der Waals surface area contributed by atoms with Crippen LogP contribution in [-0.2, 0) is 16.1 Å². The first-order valence-electron chi connectivity index (χ1n) is 18.9. The first kappa shape index (κ1) is 38.9. The van der Waals surface area contributed by atoms with E-state index >= 15 is 0 Å². The van der Waals surface area contributed by atoms with Gasteiger partial charge in [0.2, 0.25) is 11.7 Å². The molecule has 0 aliphatic carbocycles. The van der Waals surface area contributed by atoms with Crippen molar-refractivity contribution < 1.29 is 14.7 Å². The van der Waals surface area contributed by atoms with Gasteiger partial charge < -0.3 is 10.0 Å². The summed E-state index contributed by atoms with van der Waals surface area (Å²) < 4.78 is 0. The Morgan fingerprint density at radius 2 is 1.31 bits per heavy atom. The molecule has 0 radical (unpaired) electrons. The summed E-state index contributed by atoms with van der Waals surface area (Å²) in [5.41, 5.74) is 3.76. The molecule has 0 saturated heterocycles. The van der Waals surface area contributed by atoms with Crippen LogP contribution < -0.4 is 0 Å². The second-order valence-corrected chi connectivity index (χ2v) is 13.6. The van der Waals surface area contributed by atoms with Crippen LogP contribution in [0.1, 0.15) is 142 Å². The van der Waals surface area contributed by atoms with E-state index in [0.29, 0.717) is 12.2 Å². The second kappa shape index (κ2) is 22.2. The molecule has 264 valence electrons. The summed E-state index contributed by atoms with van der Waals surface area (Å²) in [7, 11) is 0. The van der Waals surface area contributed by atoms with Crippen LogP contribution in [0.3, 0.4) is 0 Å². The number of hydrogen-bond donors (Lipinski definition) is 2. The molecule has 0 fully saturated rings. The number of aromatic amines is 1. The average Bonchev–Trinajstić information content (AvgIpc) is 3.64. The van der Waals surface area contributed by atoms with Crippen LogP contribution in [0.5, 0.6) is 0 Å². The maximum atomic E-state index is 13.8. The Hall–Kier alpha value is -3.55. The largest absolute Gasteiger partial charge is 0.480 e. The lowest BCUT2D eigenvalue weighted by molar-refractivity contribution is -0.154. The first-order valence-corrected chi connectivity index (χ1v) is 18.9. The number of nitrogens with zero attached hydrogens (tertiary/aromatic N) is 4. The molecule has 0 saturated carbocycles. The third kappa shape index (κ3) is 12.5. The van der Waals surface area contributed by atoms with Crippen molar-refractivity contribution in [3.8, 4) is 22.5 Å². The highest BCUT2D eigenvalue weighted by Gasteiger charge is 2.37. The van der Waals surface area contributed by atoms with E-state index in [1.807, 2.05) is 48.5 Å². The van der Waals surface area contributed by atoms with E-state index in [0.717, 1.165) is 60.8 Å². The predicted molar refractivity (Wildman–Crippen MR) is 195 cm³/mol. The molecule has 0 aliphatic heterocycles. The molecular weight excluding hydrogens is 598 g/mol. The summed E-state index contributed by atoms with van der Waals surface area (Å²) >= 11 is 0. The van der Waals surface area contributed by atoms with Crippen molar-refractivity contribution in [3.05, 3.63) is 54.1 Å². The highest BCUT2D eigenvalue weighted by atomic mass is 16.4. The van der Waals surface area contributed by atoms with Gasteiger partial charge in [0, 0.05) is 18.5 Å². The SMILES string of the molecule is CCCCCCCCC(CCCCCCCC)C(C)[C@@H](C(=O)O)N(Cc1ccc(-c2ccccc2-c2nn[nH]n2)cc1)C(=O)CCCC. The maximum Gasteiger partial charge on any atom is 0.326 e. The number of carboxylic acid groups (broad SMARTS) is 1. The van der Waals surface area contributed by atoms with Gasteiger partial charge >= 0.3 is 5.97 Å². The molecule has 1 unspecified atom stereocenters. The normalized spacial score (nSPS) is 12.7. The van der Waals surface area contributed by atoms with Crippen LogP contribution >= 0.6 is 0 Å². The van der Waals surface area contributed by atoms with Crippen molar-refractivity contribution in [2.75, 3.05) is 0 Å². The Morgan fingerprint density at radius 3 is 1.85 bits per heavy atom. The fourth-order valence-corrected chi connectivity index (χ4v) is 6.95. The zero-order valence-electron chi connectivity index (χ0n) is 30.1. The molecule has 0 aliphatic rings. The average molecular weight is 660 g/mol. The topological polar surface area (TPSA) is 112 Å². The van der Waals surface area contributed by atoms with E-state index in [1.165, 1.54) is 64.2 Å². The predicted octanol–water partition coefficient (Wildman–Crippen LogP) is 10.3. The molecule has 2 N–H and O–H groups in total. The number of amides is 1. The van der Waals surface area contributed by atoms with E-state index in [1.54, 1.807) is 4.90 Å². The van der Waals surface area contributed by atoms with Crippen LogP contribution in [0.15, 0.2) is 48.5 Å². The highest BCUT2D eigenvalue weighted by Crippen LogP contribution is 2.33. The van der Waals surface area contributed by atoms with Crippen molar-refractivity contribution >= 4 is 11.9 Å². The number of carbonyl (C=O) groups excluding carboxylic acids is 1. The minimum atomic E-state index is -0.895. The molecule has 2 aromatic carbocycles. The lowest BCUT2D eigenvalue weighted by Gasteiger charge is -2.37. The molecule has 0 spiro atoms. The maximum absolute atomic E-state index is 13.8. The molecule has 48 heavy (non-hydrogen) atoms. The number of hydrogen-bond acceptors (Lipinski definition) is 5. The molecule has 0 bridgehead atoms. The number of aliphatic carboxylic acids is 1. The minimum Gasteiger partial charge on any atom is -0.480 e. The number of unbranched alkanes of at least 4 members (excludes halogenated alkanes) is 11. The molecule has 1 heterocycles. The summed E-state index contributed by atoms with van der Waals surface area (Å²) in [5, 5.41) is 25.3. The summed E-state index contributed by atoms with van der Waals surface area (Å²) in [6.45, 7) is 8.91. The smallest absolute Gasteiger partial charge is 0.326 e. The fraction of sp³-hybridized carbons (Fsp3) is 0.625. The molecular formula is C40H61N5O3. The summed E-state index contributed by atoms with van der Waals surface area (Å²) in [5.74, 6) is -0.305. The Balaban J connectivity index is 1.83. The van der Waals surface area contributed by atoms with Gasteiger partial charge in [-0.25, -0.2) is 4.79 Å². The number of benzene rings is 2. The van der Waals surface area contributed by atoms with E-state index in [2.05, 4.69) is 48.3 Å². The fourth-order valence-electron chi connectivity index (χ4n) is 6.95. The summed E-state index contributed by atoms with van der Waals surface area (Å²) in [4.78, 5) is 28.6. The van der Waals surface area contributed by atoms with Crippen LogP contribution in [-0.4, -0.2) is 48.5 Å². The van der Waals surface area contributed by atoms with E-state index < -0.39 is 12.0 Å². The van der Waals surface area contributed by atoms with Crippen LogP contribution in [0.25, 0.3) is 22.5 Å². The molecule has 3 rings (SSSR count). The number of nitrogens with one attached hydrogen (secondary N) is 1. The Bertz CT molecular complexity index is 1290. The second-order valence-electron chi connectivity index (χ2n) is 13.6. The Kier molecular flexibility index (Phi) is 18.0. The van der Waals surface area contributed by atoms with Crippen LogP contribution in [0.2, 0.25) is 0 Å². The monoisotopic (exact) mass is 659 g/mol. The Morgan fingerprint density at radius 1 is 0.750 bits per heavy atom. The standard InChI is InChI=1S/C40H61N5O3/c1-5-8-11-13-15-17-21-33(22-18-16-14-12-9-6-2)31(4)38(40(47)48)45(37(46)25-10-7-3)30-32-26-28-34(29-27-32)35-23-19-20-24-36(35)39-41-43-44-42-39/h19-20,23-24,26-29,31,33,38H,5-18,21-22,25,30H2,1-4H3,(H,47,48)(H,41,42,43,44)/t31?,38-/m0/s1.